The van der Waals surface area contributed by atoms with Gasteiger partial charge in [-0.05, 0) is 49.8 Å². The molecule has 0 radical (unpaired) electrons. The van der Waals surface area contributed by atoms with Gasteiger partial charge in [-0.15, -0.1) is 0 Å². The molecular weight excluding hydrogens is 275 g/mol. The lowest BCUT2D eigenvalue weighted by Gasteiger charge is -2.30. The van der Waals surface area contributed by atoms with Crippen molar-refractivity contribution >= 4 is 17.4 Å². The Bertz CT molecular complexity index is 516. The molecule has 3 heteroatoms. The van der Waals surface area contributed by atoms with Crippen LogP contribution in [0.5, 0.6) is 0 Å². The minimum absolute atomic E-state index is 0.108. The van der Waals surface area contributed by atoms with Gasteiger partial charge in [0, 0.05) is 11.0 Å². The number of benzene rings is 1. The number of ketones is 1. The van der Waals surface area contributed by atoms with Crippen LogP contribution in [0.4, 0.5) is 4.39 Å². The topological polar surface area (TPSA) is 17.1 Å². The molecular formula is C17H22ClFO. The van der Waals surface area contributed by atoms with Crippen LogP contribution in [-0.2, 0) is 0 Å². The molecule has 1 nitrogen and oxygen atoms in total. The van der Waals surface area contributed by atoms with Crippen molar-refractivity contribution in [1.29, 1.82) is 0 Å². The number of carbonyl (C=O) groups is 1. The third-order valence-corrected chi connectivity index (χ3v) is 4.65. The number of rotatable bonds is 4. The molecule has 1 aromatic rings. The monoisotopic (exact) mass is 296 g/mol. The Morgan fingerprint density at radius 1 is 1.35 bits per heavy atom. The van der Waals surface area contributed by atoms with Gasteiger partial charge in [0.15, 0.2) is 5.78 Å². The molecule has 1 aromatic carbocycles. The SMILES string of the molecule is Cc1cc(C(=O)C2(CC(C)C)CCCC2)c(Cl)cc1F. The largest absolute Gasteiger partial charge is 0.294 e. The molecule has 1 saturated carbocycles. The maximum absolute atomic E-state index is 13.5. The van der Waals surface area contributed by atoms with Crippen LogP contribution >= 0.6 is 11.6 Å². The minimum atomic E-state index is -0.351. The smallest absolute Gasteiger partial charge is 0.170 e. The first-order valence-electron chi connectivity index (χ1n) is 7.36. The van der Waals surface area contributed by atoms with Gasteiger partial charge in [0.25, 0.3) is 0 Å². The molecule has 20 heavy (non-hydrogen) atoms. The zero-order valence-electron chi connectivity index (χ0n) is 12.4. The standard InChI is InChI=1S/C17H22ClFO/c1-11(2)10-17(6-4-5-7-17)16(20)13-8-12(3)15(19)9-14(13)18/h8-9,11H,4-7,10H2,1-3H3. The van der Waals surface area contributed by atoms with Crippen molar-refractivity contribution in [2.75, 3.05) is 0 Å². The van der Waals surface area contributed by atoms with E-state index in [-0.39, 0.29) is 22.0 Å². The molecule has 1 aliphatic rings. The van der Waals surface area contributed by atoms with Crippen LogP contribution in [0.1, 0.15) is 61.9 Å². The van der Waals surface area contributed by atoms with Gasteiger partial charge in [0.1, 0.15) is 5.82 Å². The lowest BCUT2D eigenvalue weighted by atomic mass is 9.73. The molecule has 1 aliphatic carbocycles. The highest BCUT2D eigenvalue weighted by atomic mass is 35.5. The minimum Gasteiger partial charge on any atom is -0.294 e. The highest BCUT2D eigenvalue weighted by Crippen LogP contribution is 2.46. The van der Waals surface area contributed by atoms with Crippen LogP contribution in [0.3, 0.4) is 0 Å². The van der Waals surface area contributed by atoms with Crippen molar-refractivity contribution < 1.29 is 9.18 Å². The Morgan fingerprint density at radius 3 is 2.50 bits per heavy atom. The summed E-state index contributed by atoms with van der Waals surface area (Å²) in [6, 6.07) is 2.88. The quantitative estimate of drug-likeness (QED) is 0.663. The summed E-state index contributed by atoms with van der Waals surface area (Å²) in [5.74, 6) is 0.227. The van der Waals surface area contributed by atoms with Crippen molar-refractivity contribution in [3.05, 3.63) is 34.1 Å². The van der Waals surface area contributed by atoms with Gasteiger partial charge in [0.05, 0.1) is 5.02 Å². The third-order valence-electron chi connectivity index (χ3n) is 4.33. The Balaban J connectivity index is 2.40. The summed E-state index contributed by atoms with van der Waals surface area (Å²) in [4.78, 5) is 13.0. The molecule has 0 aromatic heterocycles. The molecule has 0 spiro atoms. The van der Waals surface area contributed by atoms with Crippen LogP contribution in [-0.4, -0.2) is 5.78 Å². The average Bonchev–Trinajstić information content (AvgIpc) is 2.81. The fourth-order valence-corrected chi connectivity index (χ4v) is 3.71. The molecule has 0 atom stereocenters. The Kier molecular flexibility index (Phi) is 4.53. The van der Waals surface area contributed by atoms with E-state index in [1.54, 1.807) is 13.0 Å². The van der Waals surface area contributed by atoms with E-state index in [1.807, 2.05) is 0 Å². The summed E-state index contributed by atoms with van der Waals surface area (Å²) in [5.41, 5.74) is 0.686. The highest BCUT2D eigenvalue weighted by Gasteiger charge is 2.42. The number of hydrogen-bond donors (Lipinski definition) is 0. The van der Waals surface area contributed by atoms with Crippen LogP contribution in [0.25, 0.3) is 0 Å². The summed E-state index contributed by atoms with van der Waals surface area (Å²) in [7, 11) is 0. The Hall–Kier alpha value is -0.890. The van der Waals surface area contributed by atoms with Gasteiger partial charge >= 0.3 is 0 Å². The number of Topliss-reactive ketones (excluding diaryl/α,β-unsaturated/α-hetero) is 1. The van der Waals surface area contributed by atoms with Crippen LogP contribution in [0.15, 0.2) is 12.1 Å². The molecule has 0 N–H and O–H groups in total. The Morgan fingerprint density at radius 2 is 1.95 bits per heavy atom. The van der Waals surface area contributed by atoms with Gasteiger partial charge < -0.3 is 0 Å². The van der Waals surface area contributed by atoms with Crippen LogP contribution in [0, 0.1) is 24.1 Å². The van der Waals surface area contributed by atoms with Crippen molar-refractivity contribution in [3.8, 4) is 0 Å². The van der Waals surface area contributed by atoms with E-state index < -0.39 is 0 Å². The van der Waals surface area contributed by atoms with Crippen molar-refractivity contribution in [2.24, 2.45) is 11.3 Å². The summed E-state index contributed by atoms with van der Waals surface area (Å²) < 4.78 is 13.5. The lowest BCUT2D eigenvalue weighted by Crippen LogP contribution is -2.30. The number of hydrogen-bond acceptors (Lipinski definition) is 1. The summed E-state index contributed by atoms with van der Waals surface area (Å²) in [5, 5.41) is 0.244. The van der Waals surface area contributed by atoms with Gasteiger partial charge in [-0.1, -0.05) is 38.3 Å². The molecule has 2 rings (SSSR count). The summed E-state index contributed by atoms with van der Waals surface area (Å²) >= 11 is 6.11. The summed E-state index contributed by atoms with van der Waals surface area (Å²) in [6.45, 7) is 5.96. The molecule has 0 saturated heterocycles. The molecule has 1 fully saturated rings. The second-order valence-electron chi connectivity index (χ2n) is 6.50. The lowest BCUT2D eigenvalue weighted by molar-refractivity contribution is 0.0760. The normalized spacial score (nSPS) is 17.7. The number of halogens is 2. The van der Waals surface area contributed by atoms with E-state index in [0.29, 0.717) is 17.0 Å². The fraction of sp³-hybridized carbons (Fsp3) is 0.588. The Labute approximate surface area is 125 Å². The van der Waals surface area contributed by atoms with E-state index >= 15 is 0 Å². The molecule has 0 amide bonds. The third kappa shape index (κ3) is 2.90. The molecule has 0 unspecified atom stereocenters. The van der Waals surface area contributed by atoms with Gasteiger partial charge in [-0.3, -0.25) is 4.79 Å². The van der Waals surface area contributed by atoms with E-state index in [1.165, 1.54) is 6.07 Å². The molecule has 110 valence electrons. The number of carbonyl (C=O) groups excluding carboxylic acids is 1. The maximum atomic E-state index is 13.5. The molecule has 0 bridgehead atoms. The first-order valence-corrected chi connectivity index (χ1v) is 7.74. The highest BCUT2D eigenvalue weighted by molar-refractivity contribution is 6.34. The zero-order valence-corrected chi connectivity index (χ0v) is 13.2. The molecule has 0 aliphatic heterocycles. The van der Waals surface area contributed by atoms with Crippen molar-refractivity contribution in [1.82, 2.24) is 0 Å². The van der Waals surface area contributed by atoms with E-state index in [9.17, 15) is 9.18 Å². The predicted octanol–water partition coefficient (Wildman–Crippen LogP) is 5.58. The van der Waals surface area contributed by atoms with Crippen LogP contribution in [0.2, 0.25) is 5.02 Å². The zero-order chi connectivity index (χ0) is 14.9. The molecule has 0 heterocycles. The second-order valence-corrected chi connectivity index (χ2v) is 6.90. The second kappa shape index (κ2) is 5.85. The van der Waals surface area contributed by atoms with Crippen molar-refractivity contribution in [2.45, 2.75) is 52.9 Å². The number of aryl methyl sites for hydroxylation is 1. The van der Waals surface area contributed by atoms with Crippen molar-refractivity contribution in [3.63, 3.8) is 0 Å². The van der Waals surface area contributed by atoms with Gasteiger partial charge in [-0.25, -0.2) is 4.39 Å². The first-order chi connectivity index (χ1) is 9.35. The predicted molar refractivity (Wildman–Crippen MR) is 80.8 cm³/mol. The fourth-order valence-electron chi connectivity index (χ4n) is 3.47. The maximum Gasteiger partial charge on any atom is 0.170 e. The van der Waals surface area contributed by atoms with E-state index in [2.05, 4.69) is 13.8 Å². The van der Waals surface area contributed by atoms with Crippen LogP contribution < -0.4 is 0 Å². The van der Waals surface area contributed by atoms with E-state index in [4.69, 9.17) is 11.6 Å². The van der Waals surface area contributed by atoms with Gasteiger partial charge in [0.2, 0.25) is 0 Å². The van der Waals surface area contributed by atoms with E-state index in [0.717, 1.165) is 32.1 Å². The summed E-state index contributed by atoms with van der Waals surface area (Å²) in [6.07, 6.45) is 4.93. The average molecular weight is 297 g/mol. The van der Waals surface area contributed by atoms with Gasteiger partial charge in [-0.2, -0.15) is 0 Å². The first kappa shape index (κ1) is 15.5.